The number of hydrogen-bond acceptors (Lipinski definition) is 4. The van der Waals surface area contributed by atoms with Crippen molar-refractivity contribution in [2.75, 3.05) is 12.4 Å². The van der Waals surface area contributed by atoms with Gasteiger partial charge in [0.05, 0.1) is 42.0 Å². The summed E-state index contributed by atoms with van der Waals surface area (Å²) in [5.74, 6) is 0.468. The zero-order chi connectivity index (χ0) is 21.5. The molecule has 0 spiro atoms. The van der Waals surface area contributed by atoms with Gasteiger partial charge in [0.1, 0.15) is 0 Å². The molecule has 3 aromatic rings. The van der Waals surface area contributed by atoms with Crippen molar-refractivity contribution >= 4 is 10.8 Å². The molecule has 1 unspecified atom stereocenters. The summed E-state index contributed by atoms with van der Waals surface area (Å²) in [5, 5.41) is 0. The highest BCUT2D eigenvalue weighted by Gasteiger charge is 2.38. The van der Waals surface area contributed by atoms with Crippen molar-refractivity contribution < 1.29 is 18.4 Å². The SMILES string of the molecule is C[C@@H]1[C@H](CS(=O)c2ccccc2)O[C@H](c2ccccc2)O[C@@H]1COCc1ccccc1. The van der Waals surface area contributed by atoms with E-state index in [1.54, 1.807) is 0 Å². The van der Waals surface area contributed by atoms with Gasteiger partial charge in [-0.3, -0.25) is 4.21 Å². The molecule has 1 saturated heterocycles. The van der Waals surface area contributed by atoms with Crippen molar-refractivity contribution in [2.24, 2.45) is 5.92 Å². The van der Waals surface area contributed by atoms with Crippen LogP contribution in [0.15, 0.2) is 95.9 Å². The molecule has 1 aliphatic rings. The van der Waals surface area contributed by atoms with Crippen LogP contribution in [-0.2, 0) is 31.6 Å². The Balaban J connectivity index is 1.46. The maximum Gasteiger partial charge on any atom is 0.184 e. The van der Waals surface area contributed by atoms with Gasteiger partial charge >= 0.3 is 0 Å². The van der Waals surface area contributed by atoms with E-state index in [-0.39, 0.29) is 18.1 Å². The van der Waals surface area contributed by atoms with Crippen molar-refractivity contribution in [3.8, 4) is 0 Å². The van der Waals surface area contributed by atoms with Gasteiger partial charge in [-0.2, -0.15) is 0 Å². The Morgan fingerprint density at radius 2 is 1.39 bits per heavy atom. The molecule has 1 aliphatic heterocycles. The molecule has 5 atom stereocenters. The first kappa shape index (κ1) is 21.9. The summed E-state index contributed by atoms with van der Waals surface area (Å²) >= 11 is 0. The van der Waals surface area contributed by atoms with Crippen molar-refractivity contribution in [1.82, 2.24) is 0 Å². The van der Waals surface area contributed by atoms with Gasteiger partial charge < -0.3 is 14.2 Å². The number of rotatable bonds is 8. The topological polar surface area (TPSA) is 44.8 Å². The fourth-order valence-electron chi connectivity index (χ4n) is 3.67. The van der Waals surface area contributed by atoms with E-state index in [1.807, 2.05) is 91.0 Å². The minimum absolute atomic E-state index is 0.0448. The van der Waals surface area contributed by atoms with Crippen LogP contribution in [0.5, 0.6) is 0 Å². The number of benzene rings is 3. The molecule has 0 bridgehead atoms. The highest BCUT2D eigenvalue weighted by atomic mass is 32.2. The van der Waals surface area contributed by atoms with Crippen molar-refractivity contribution in [1.29, 1.82) is 0 Å². The lowest BCUT2D eigenvalue weighted by Crippen LogP contribution is -2.46. The van der Waals surface area contributed by atoms with Crippen LogP contribution in [0.3, 0.4) is 0 Å². The molecule has 0 aliphatic carbocycles. The third-order valence-corrected chi connectivity index (χ3v) is 6.99. The number of ether oxygens (including phenoxy) is 3. The molecule has 4 rings (SSSR count). The molecule has 0 saturated carbocycles. The number of hydrogen-bond donors (Lipinski definition) is 0. The minimum atomic E-state index is -1.14. The first-order valence-corrected chi connectivity index (χ1v) is 11.9. The predicted molar refractivity (Wildman–Crippen MR) is 122 cm³/mol. The van der Waals surface area contributed by atoms with Crippen molar-refractivity contribution in [3.63, 3.8) is 0 Å². The van der Waals surface area contributed by atoms with E-state index >= 15 is 0 Å². The molecule has 0 aromatic heterocycles. The summed E-state index contributed by atoms with van der Waals surface area (Å²) < 4.78 is 31.6. The van der Waals surface area contributed by atoms with E-state index in [0.717, 1.165) is 16.0 Å². The minimum Gasteiger partial charge on any atom is -0.374 e. The summed E-state index contributed by atoms with van der Waals surface area (Å²) in [6.07, 6.45) is -0.855. The highest BCUT2D eigenvalue weighted by molar-refractivity contribution is 7.85. The third-order valence-electron chi connectivity index (χ3n) is 5.56. The Hall–Kier alpha value is -2.31. The van der Waals surface area contributed by atoms with Crippen LogP contribution in [-0.4, -0.2) is 28.8 Å². The smallest absolute Gasteiger partial charge is 0.184 e. The van der Waals surface area contributed by atoms with Crippen LogP contribution in [0.2, 0.25) is 0 Å². The Kier molecular flexibility index (Phi) is 7.65. The standard InChI is InChI=1S/C26H28O4S/c1-20-24(18-28-17-21-11-5-2-6-12-21)29-26(22-13-7-3-8-14-22)30-25(20)19-31(27)23-15-9-4-10-16-23/h2-16,20,24-26H,17-19H2,1H3/t20-,24+,25-,26+,31?/m0/s1. The van der Waals surface area contributed by atoms with Gasteiger partial charge in [-0.15, -0.1) is 0 Å². The zero-order valence-corrected chi connectivity index (χ0v) is 18.4. The van der Waals surface area contributed by atoms with E-state index < -0.39 is 17.1 Å². The van der Waals surface area contributed by atoms with E-state index in [1.165, 1.54) is 0 Å². The van der Waals surface area contributed by atoms with Gasteiger partial charge in [-0.1, -0.05) is 85.8 Å². The first-order valence-electron chi connectivity index (χ1n) is 10.6. The lowest BCUT2D eigenvalue weighted by molar-refractivity contribution is -0.274. The second-order valence-corrected chi connectivity index (χ2v) is 9.27. The van der Waals surface area contributed by atoms with Crippen LogP contribution in [0.1, 0.15) is 24.3 Å². The van der Waals surface area contributed by atoms with Gasteiger partial charge in [-0.25, -0.2) is 0 Å². The molecule has 0 radical (unpaired) electrons. The predicted octanol–water partition coefficient (Wildman–Crippen LogP) is 5.13. The average molecular weight is 437 g/mol. The monoisotopic (exact) mass is 436 g/mol. The lowest BCUT2D eigenvalue weighted by Gasteiger charge is -2.40. The summed E-state index contributed by atoms with van der Waals surface area (Å²) in [4.78, 5) is 0.818. The summed E-state index contributed by atoms with van der Waals surface area (Å²) in [5.41, 5.74) is 2.08. The zero-order valence-electron chi connectivity index (χ0n) is 17.6. The van der Waals surface area contributed by atoms with Gasteiger partial charge in [-0.05, 0) is 17.7 Å². The fraction of sp³-hybridized carbons (Fsp3) is 0.308. The van der Waals surface area contributed by atoms with Gasteiger partial charge in [0.25, 0.3) is 0 Å². The molecule has 1 heterocycles. The van der Waals surface area contributed by atoms with Crippen molar-refractivity contribution in [2.45, 2.75) is 36.9 Å². The molecule has 5 heteroatoms. The van der Waals surface area contributed by atoms with E-state index in [2.05, 4.69) is 6.92 Å². The van der Waals surface area contributed by atoms with Crippen LogP contribution < -0.4 is 0 Å². The fourth-order valence-corrected chi connectivity index (χ4v) is 5.00. The summed E-state index contributed by atoms with van der Waals surface area (Å²) in [7, 11) is -1.14. The van der Waals surface area contributed by atoms with E-state index in [0.29, 0.717) is 19.0 Å². The molecule has 1 fully saturated rings. The van der Waals surface area contributed by atoms with Gasteiger partial charge in [0.15, 0.2) is 6.29 Å². The molecule has 0 N–H and O–H groups in total. The Morgan fingerprint density at radius 3 is 2.06 bits per heavy atom. The molecular formula is C26H28O4S. The molecular weight excluding hydrogens is 408 g/mol. The largest absolute Gasteiger partial charge is 0.374 e. The molecule has 0 amide bonds. The summed E-state index contributed by atoms with van der Waals surface area (Å²) in [6.45, 7) is 3.08. The molecule has 31 heavy (non-hydrogen) atoms. The second kappa shape index (κ2) is 10.8. The Labute approximate surface area is 186 Å². The average Bonchev–Trinajstić information content (AvgIpc) is 2.83. The van der Waals surface area contributed by atoms with E-state index in [9.17, 15) is 4.21 Å². The van der Waals surface area contributed by atoms with Gasteiger partial charge in [0.2, 0.25) is 0 Å². The Bertz CT molecular complexity index is 949. The van der Waals surface area contributed by atoms with Crippen LogP contribution in [0.4, 0.5) is 0 Å². The van der Waals surface area contributed by atoms with Gasteiger partial charge in [0, 0.05) is 16.4 Å². The maximum absolute atomic E-state index is 13.0. The summed E-state index contributed by atoms with van der Waals surface area (Å²) in [6, 6.07) is 29.6. The maximum atomic E-state index is 13.0. The molecule has 4 nitrogen and oxygen atoms in total. The second-order valence-electron chi connectivity index (χ2n) is 7.78. The molecule has 162 valence electrons. The van der Waals surface area contributed by atoms with Crippen LogP contribution >= 0.6 is 0 Å². The van der Waals surface area contributed by atoms with Crippen LogP contribution in [0.25, 0.3) is 0 Å². The van der Waals surface area contributed by atoms with Crippen molar-refractivity contribution in [3.05, 3.63) is 102 Å². The Morgan fingerprint density at radius 1 is 0.806 bits per heavy atom. The normalized spacial score (nSPS) is 24.5. The van der Waals surface area contributed by atoms with Crippen LogP contribution in [0, 0.1) is 5.92 Å². The highest BCUT2D eigenvalue weighted by Crippen LogP contribution is 2.34. The third kappa shape index (κ3) is 5.89. The quantitative estimate of drug-likeness (QED) is 0.491. The lowest BCUT2D eigenvalue weighted by atomic mass is 9.97. The first-order chi connectivity index (χ1) is 15.2. The van der Waals surface area contributed by atoms with E-state index in [4.69, 9.17) is 14.2 Å². The molecule has 3 aromatic carbocycles.